The summed E-state index contributed by atoms with van der Waals surface area (Å²) in [5, 5.41) is 12.8. The fourth-order valence-electron chi connectivity index (χ4n) is 8.61. The van der Waals surface area contributed by atoms with E-state index >= 15 is 9.18 Å². The highest BCUT2D eigenvalue weighted by Crippen LogP contribution is 2.65. The number of imide groups is 2. The summed E-state index contributed by atoms with van der Waals surface area (Å²) in [4.78, 5) is 59.2. The van der Waals surface area contributed by atoms with Gasteiger partial charge in [0.05, 0.1) is 41.0 Å². The van der Waals surface area contributed by atoms with E-state index in [0.717, 1.165) is 11.1 Å². The van der Waals surface area contributed by atoms with Crippen molar-refractivity contribution in [3.05, 3.63) is 99.3 Å². The summed E-state index contributed by atoms with van der Waals surface area (Å²) < 4.78 is 20.7. The van der Waals surface area contributed by atoms with Crippen molar-refractivity contribution < 1.29 is 33.4 Å². The quantitative estimate of drug-likeness (QED) is 0.226. The van der Waals surface area contributed by atoms with Gasteiger partial charge in [-0.25, -0.2) is 4.39 Å². The predicted molar refractivity (Wildman–Crippen MR) is 180 cm³/mol. The predicted octanol–water partition coefficient (Wildman–Crippen LogP) is 6.63. The highest BCUT2D eigenvalue weighted by Gasteiger charge is 2.71. The average molecular weight is 707 g/mol. The van der Waals surface area contributed by atoms with Crippen LogP contribution in [0.4, 0.5) is 10.1 Å². The number of allylic oxidation sites excluding steroid dienone is 2. The number of rotatable bonds is 5. The molecule has 4 amide bonds. The fraction of sp³-hybridized carbons (Fsp3) is 0.351. The third-order valence-corrected chi connectivity index (χ3v) is 11.1. The van der Waals surface area contributed by atoms with Crippen LogP contribution < -0.4 is 10.2 Å². The molecule has 4 aliphatic rings. The van der Waals surface area contributed by atoms with Gasteiger partial charge < -0.3 is 9.84 Å². The van der Waals surface area contributed by atoms with Crippen molar-refractivity contribution in [2.75, 3.05) is 12.5 Å². The standard InChI is InChI=1S/C37H34Cl2FN3O6/c1-36(2,3)42-32(45)22-14-13-21-24(29(22)34(42)47)17-25-33(46)43(41-28-15-10-19(38)16-26(28)39)35(48)37(25,18-8-11-20(49-4)12-9-18)30(21)23-6-5-7-27(40)31(23)44/h5-13,15-16,22,24-25,29-30,41,44H,14,17H2,1-4H3/t22-,24+,25-,29-,30+,37+/m0/s1. The Morgan fingerprint density at radius 2 is 1.67 bits per heavy atom. The number of para-hydroxylation sites is 1. The molecule has 1 saturated carbocycles. The number of nitrogens with zero attached hydrogens (tertiary/aromatic N) is 2. The molecule has 0 radical (unpaired) electrons. The summed E-state index contributed by atoms with van der Waals surface area (Å²) in [6.07, 6.45) is 2.09. The molecular weight excluding hydrogens is 672 g/mol. The summed E-state index contributed by atoms with van der Waals surface area (Å²) in [6, 6.07) is 15.4. The van der Waals surface area contributed by atoms with Crippen LogP contribution in [0.15, 0.2) is 72.3 Å². The van der Waals surface area contributed by atoms with Crippen molar-refractivity contribution in [3.63, 3.8) is 0 Å². The van der Waals surface area contributed by atoms with Crippen LogP contribution in [0.1, 0.15) is 50.7 Å². The number of hydrogen-bond acceptors (Lipinski definition) is 7. The third-order valence-electron chi connectivity index (χ3n) is 10.6. The monoisotopic (exact) mass is 705 g/mol. The topological polar surface area (TPSA) is 116 Å². The van der Waals surface area contributed by atoms with Crippen molar-refractivity contribution in [1.29, 1.82) is 0 Å². The molecule has 2 saturated heterocycles. The number of phenolic OH excluding ortho intramolecular Hbond substituents is 1. The molecule has 12 heteroatoms. The lowest BCUT2D eigenvalue weighted by molar-refractivity contribution is -0.146. The highest BCUT2D eigenvalue weighted by molar-refractivity contribution is 6.36. The van der Waals surface area contributed by atoms with Gasteiger partial charge >= 0.3 is 0 Å². The second-order valence-electron chi connectivity index (χ2n) is 14.1. The maximum Gasteiger partial charge on any atom is 0.260 e. The van der Waals surface area contributed by atoms with Crippen LogP contribution in [-0.2, 0) is 24.6 Å². The van der Waals surface area contributed by atoms with E-state index in [9.17, 15) is 19.5 Å². The minimum Gasteiger partial charge on any atom is -0.505 e. The van der Waals surface area contributed by atoms with Gasteiger partial charge in [0.2, 0.25) is 11.8 Å². The number of phenols is 1. The molecule has 2 aliphatic carbocycles. The number of hydrogen-bond donors (Lipinski definition) is 2. The number of amides is 4. The van der Waals surface area contributed by atoms with E-state index in [1.165, 1.54) is 30.2 Å². The molecule has 2 heterocycles. The molecule has 9 nitrogen and oxygen atoms in total. The number of hydrazine groups is 1. The molecule has 3 aromatic carbocycles. The number of carbonyl (C=O) groups excluding carboxylic acids is 4. The van der Waals surface area contributed by atoms with Crippen LogP contribution in [0, 0.1) is 29.5 Å². The molecule has 3 fully saturated rings. The van der Waals surface area contributed by atoms with Gasteiger partial charge in [-0.3, -0.25) is 29.5 Å². The number of methoxy groups -OCH3 is 1. The van der Waals surface area contributed by atoms with Gasteiger partial charge in [-0.2, -0.15) is 5.01 Å². The summed E-state index contributed by atoms with van der Waals surface area (Å²) >= 11 is 12.6. The summed E-state index contributed by atoms with van der Waals surface area (Å²) in [5.41, 5.74) is 1.77. The van der Waals surface area contributed by atoms with Crippen LogP contribution in [0.3, 0.4) is 0 Å². The first-order valence-corrected chi connectivity index (χ1v) is 16.8. The van der Waals surface area contributed by atoms with E-state index in [2.05, 4.69) is 5.43 Å². The Bertz CT molecular complexity index is 1960. The molecule has 0 unspecified atom stereocenters. The summed E-state index contributed by atoms with van der Waals surface area (Å²) in [6.45, 7) is 5.38. The van der Waals surface area contributed by atoms with Gasteiger partial charge in [-0.05, 0) is 81.5 Å². The normalized spacial score (nSPS) is 27.9. The Labute approximate surface area is 292 Å². The maximum absolute atomic E-state index is 15.3. The van der Waals surface area contributed by atoms with Crippen LogP contribution >= 0.6 is 23.2 Å². The first-order chi connectivity index (χ1) is 23.2. The van der Waals surface area contributed by atoms with Gasteiger partial charge in [-0.15, -0.1) is 0 Å². The lowest BCUT2D eigenvalue weighted by atomic mass is 9.49. The highest BCUT2D eigenvalue weighted by atomic mass is 35.5. The number of anilines is 1. The van der Waals surface area contributed by atoms with Crippen molar-refractivity contribution in [2.45, 2.75) is 50.5 Å². The van der Waals surface area contributed by atoms with E-state index in [0.29, 0.717) is 21.9 Å². The van der Waals surface area contributed by atoms with Crippen LogP contribution in [0.25, 0.3) is 0 Å². The van der Waals surface area contributed by atoms with Gasteiger partial charge in [0.25, 0.3) is 11.8 Å². The molecule has 0 bridgehead atoms. The Hall–Kier alpha value is -4.41. The van der Waals surface area contributed by atoms with Gasteiger partial charge in [0.1, 0.15) is 5.75 Å². The molecule has 7 rings (SSSR count). The summed E-state index contributed by atoms with van der Waals surface area (Å²) in [7, 11) is 1.50. The van der Waals surface area contributed by atoms with Gasteiger partial charge in [0.15, 0.2) is 11.6 Å². The molecule has 2 N–H and O–H groups in total. The first kappa shape index (κ1) is 33.1. The third kappa shape index (κ3) is 4.78. The molecular formula is C37H34Cl2FN3O6. The zero-order chi connectivity index (χ0) is 35.2. The van der Waals surface area contributed by atoms with Crippen molar-refractivity contribution in [3.8, 4) is 11.5 Å². The molecule has 2 aliphatic heterocycles. The first-order valence-electron chi connectivity index (χ1n) is 16.0. The lowest BCUT2D eigenvalue weighted by Gasteiger charge is -2.50. The number of carbonyl (C=O) groups is 4. The van der Waals surface area contributed by atoms with E-state index in [-0.39, 0.29) is 40.9 Å². The molecule has 6 atom stereocenters. The maximum atomic E-state index is 15.3. The van der Waals surface area contributed by atoms with E-state index in [1.54, 1.807) is 57.2 Å². The Morgan fingerprint density at radius 3 is 2.33 bits per heavy atom. The Kier molecular flexibility index (Phi) is 7.83. The smallest absolute Gasteiger partial charge is 0.260 e. The van der Waals surface area contributed by atoms with Gasteiger partial charge in [-0.1, -0.05) is 59.1 Å². The number of benzene rings is 3. The number of halogens is 3. The molecule has 0 aromatic heterocycles. The minimum atomic E-state index is -1.72. The zero-order valence-corrected chi connectivity index (χ0v) is 28.7. The van der Waals surface area contributed by atoms with Gasteiger partial charge in [0, 0.05) is 22.0 Å². The second kappa shape index (κ2) is 11.6. The van der Waals surface area contributed by atoms with Crippen LogP contribution in [0.2, 0.25) is 10.0 Å². The number of nitrogens with one attached hydrogen (secondary N) is 1. The lowest BCUT2D eigenvalue weighted by Crippen LogP contribution is -2.53. The Morgan fingerprint density at radius 1 is 0.959 bits per heavy atom. The number of ether oxygens (including phenoxy) is 1. The molecule has 49 heavy (non-hydrogen) atoms. The van der Waals surface area contributed by atoms with E-state index in [4.69, 9.17) is 27.9 Å². The van der Waals surface area contributed by atoms with Crippen LogP contribution in [0.5, 0.6) is 11.5 Å². The summed E-state index contributed by atoms with van der Waals surface area (Å²) in [5.74, 6) is -7.29. The Balaban J connectivity index is 1.48. The largest absolute Gasteiger partial charge is 0.505 e. The second-order valence-corrected chi connectivity index (χ2v) is 14.9. The number of aromatic hydroxyl groups is 1. The van der Waals surface area contributed by atoms with Crippen molar-refractivity contribution >= 4 is 52.5 Å². The zero-order valence-electron chi connectivity index (χ0n) is 27.2. The van der Waals surface area contributed by atoms with E-state index in [1.807, 2.05) is 6.08 Å². The van der Waals surface area contributed by atoms with Crippen molar-refractivity contribution in [1.82, 2.24) is 9.91 Å². The molecule has 0 spiro atoms. The van der Waals surface area contributed by atoms with Crippen LogP contribution in [-0.4, -0.2) is 51.3 Å². The molecule has 254 valence electrons. The average Bonchev–Trinajstić information content (AvgIpc) is 3.45. The number of likely N-dealkylation sites (tertiary alicyclic amines) is 1. The van der Waals surface area contributed by atoms with E-state index < -0.39 is 63.9 Å². The number of fused-ring (bicyclic) bond motifs is 4. The fourth-order valence-corrected chi connectivity index (χ4v) is 9.06. The molecule has 3 aromatic rings. The SMILES string of the molecule is COc1ccc([C@@]23C(=O)N(Nc4ccc(Cl)cc4Cl)C(=O)[C@@H]2C[C@@H]2C(=CC[C@@H]4C(=O)N(C(C)(C)C)C(=O)[C@@H]42)[C@@H]3c2cccc(F)c2O)cc1. The van der Waals surface area contributed by atoms with Crippen molar-refractivity contribution in [2.24, 2.45) is 23.7 Å². The minimum absolute atomic E-state index is 0.0414.